The van der Waals surface area contributed by atoms with Gasteiger partial charge in [-0.2, -0.15) is 0 Å². The van der Waals surface area contributed by atoms with Crippen LogP contribution < -0.4 is 0 Å². The van der Waals surface area contributed by atoms with Crippen molar-refractivity contribution in [1.29, 1.82) is 0 Å². The lowest BCUT2D eigenvalue weighted by Gasteiger charge is -2.22. The second-order valence-corrected chi connectivity index (χ2v) is 5.17. The highest BCUT2D eigenvalue weighted by atomic mass is 16.5. The molecular formula is C16H18N2O2. The molecule has 0 bridgehead atoms. The lowest BCUT2D eigenvalue weighted by atomic mass is 9.96. The van der Waals surface area contributed by atoms with Gasteiger partial charge in [-0.25, -0.2) is 0 Å². The third-order valence-corrected chi connectivity index (χ3v) is 3.77. The SMILES string of the molecule is ON=C1CCC(OCc2ccc3ccccc3n2)CC1. The summed E-state index contributed by atoms with van der Waals surface area (Å²) in [6.45, 7) is 0.543. The number of hydrogen-bond acceptors (Lipinski definition) is 4. The summed E-state index contributed by atoms with van der Waals surface area (Å²) in [7, 11) is 0. The second kappa shape index (κ2) is 6.01. The average Bonchev–Trinajstić information content (AvgIpc) is 2.53. The van der Waals surface area contributed by atoms with Gasteiger partial charge in [-0.15, -0.1) is 0 Å². The molecule has 1 aromatic heterocycles. The Morgan fingerprint density at radius 2 is 1.95 bits per heavy atom. The molecular weight excluding hydrogens is 252 g/mol. The molecule has 1 aromatic carbocycles. The summed E-state index contributed by atoms with van der Waals surface area (Å²) >= 11 is 0. The summed E-state index contributed by atoms with van der Waals surface area (Å²) in [5.41, 5.74) is 2.85. The number of nitrogens with zero attached hydrogens (tertiary/aromatic N) is 2. The van der Waals surface area contributed by atoms with Gasteiger partial charge in [0.2, 0.25) is 0 Å². The molecule has 1 aliphatic rings. The van der Waals surface area contributed by atoms with Gasteiger partial charge >= 0.3 is 0 Å². The van der Waals surface area contributed by atoms with Crippen LogP contribution in [0.15, 0.2) is 41.6 Å². The first kappa shape index (κ1) is 13.1. The number of fused-ring (bicyclic) bond motifs is 1. The van der Waals surface area contributed by atoms with Crippen molar-refractivity contribution in [2.45, 2.75) is 38.4 Å². The van der Waals surface area contributed by atoms with E-state index in [2.05, 4.69) is 22.3 Å². The first-order valence-electron chi connectivity index (χ1n) is 7.01. The first-order chi connectivity index (χ1) is 9.85. The van der Waals surface area contributed by atoms with Gasteiger partial charge in [0, 0.05) is 5.39 Å². The van der Waals surface area contributed by atoms with Crippen molar-refractivity contribution >= 4 is 16.6 Å². The maximum absolute atomic E-state index is 8.72. The van der Waals surface area contributed by atoms with Crippen molar-refractivity contribution < 1.29 is 9.94 Å². The lowest BCUT2D eigenvalue weighted by Crippen LogP contribution is -2.21. The molecule has 1 fully saturated rings. The van der Waals surface area contributed by atoms with Crippen LogP contribution in [-0.4, -0.2) is 22.0 Å². The fourth-order valence-corrected chi connectivity index (χ4v) is 2.58. The Labute approximate surface area is 118 Å². The molecule has 4 heteroatoms. The van der Waals surface area contributed by atoms with Crippen LogP contribution in [0, 0.1) is 0 Å². The molecule has 20 heavy (non-hydrogen) atoms. The Kier molecular flexibility index (Phi) is 3.92. The Morgan fingerprint density at radius 1 is 1.15 bits per heavy atom. The van der Waals surface area contributed by atoms with Crippen molar-refractivity contribution in [2.75, 3.05) is 0 Å². The molecule has 0 atom stereocenters. The van der Waals surface area contributed by atoms with Gasteiger partial charge in [0.1, 0.15) is 0 Å². The molecule has 104 valence electrons. The molecule has 0 spiro atoms. The van der Waals surface area contributed by atoms with E-state index in [-0.39, 0.29) is 6.10 Å². The van der Waals surface area contributed by atoms with Crippen molar-refractivity contribution in [3.8, 4) is 0 Å². The average molecular weight is 270 g/mol. The third-order valence-electron chi connectivity index (χ3n) is 3.77. The van der Waals surface area contributed by atoms with Gasteiger partial charge in [-0.1, -0.05) is 29.4 Å². The number of oxime groups is 1. The minimum atomic E-state index is 0.244. The molecule has 3 rings (SSSR count). The molecule has 0 aliphatic heterocycles. The number of pyridine rings is 1. The number of benzene rings is 1. The molecule has 0 unspecified atom stereocenters. The summed E-state index contributed by atoms with van der Waals surface area (Å²) in [5, 5.41) is 13.2. The number of para-hydroxylation sites is 1. The summed E-state index contributed by atoms with van der Waals surface area (Å²) in [6, 6.07) is 12.2. The molecule has 0 saturated heterocycles. The van der Waals surface area contributed by atoms with E-state index in [1.54, 1.807) is 0 Å². The summed E-state index contributed by atoms with van der Waals surface area (Å²) < 4.78 is 5.91. The van der Waals surface area contributed by atoms with Crippen LogP contribution in [0.5, 0.6) is 0 Å². The third kappa shape index (κ3) is 2.96. The Balaban J connectivity index is 1.60. The molecule has 0 radical (unpaired) electrons. The Bertz CT molecular complexity index is 615. The van der Waals surface area contributed by atoms with Gasteiger partial charge in [0.05, 0.1) is 29.6 Å². The minimum absolute atomic E-state index is 0.244. The zero-order valence-electron chi connectivity index (χ0n) is 11.3. The maximum atomic E-state index is 8.72. The van der Waals surface area contributed by atoms with Gasteiger partial charge in [0.15, 0.2) is 0 Å². The van der Waals surface area contributed by atoms with Gasteiger partial charge in [-0.3, -0.25) is 4.98 Å². The maximum Gasteiger partial charge on any atom is 0.0891 e. The molecule has 2 aromatic rings. The molecule has 1 aliphatic carbocycles. The number of ether oxygens (including phenoxy) is 1. The van der Waals surface area contributed by atoms with Crippen molar-refractivity contribution in [1.82, 2.24) is 4.98 Å². The van der Waals surface area contributed by atoms with E-state index >= 15 is 0 Å². The van der Waals surface area contributed by atoms with E-state index in [1.165, 1.54) is 0 Å². The van der Waals surface area contributed by atoms with E-state index in [4.69, 9.17) is 9.94 Å². The highest BCUT2D eigenvalue weighted by molar-refractivity contribution is 5.84. The lowest BCUT2D eigenvalue weighted by molar-refractivity contribution is 0.0261. The van der Waals surface area contributed by atoms with Gasteiger partial charge < -0.3 is 9.94 Å². The summed E-state index contributed by atoms with van der Waals surface area (Å²) in [6.07, 6.45) is 3.74. The van der Waals surface area contributed by atoms with E-state index in [0.717, 1.165) is 48.0 Å². The van der Waals surface area contributed by atoms with Gasteiger partial charge in [0.25, 0.3) is 0 Å². The van der Waals surface area contributed by atoms with Crippen molar-refractivity contribution in [3.63, 3.8) is 0 Å². The Hall–Kier alpha value is -1.94. The zero-order valence-corrected chi connectivity index (χ0v) is 11.3. The van der Waals surface area contributed by atoms with Crippen LogP contribution in [0.1, 0.15) is 31.4 Å². The summed E-state index contributed by atoms with van der Waals surface area (Å²) in [4.78, 5) is 4.60. The van der Waals surface area contributed by atoms with Crippen LogP contribution in [0.25, 0.3) is 10.9 Å². The van der Waals surface area contributed by atoms with E-state index in [1.807, 2.05) is 24.3 Å². The standard InChI is InChI=1S/C16H18N2O2/c19-18-13-7-9-15(10-8-13)20-11-14-6-5-12-3-1-2-4-16(12)17-14/h1-6,15,19H,7-11H2. The van der Waals surface area contributed by atoms with Crippen molar-refractivity contribution in [3.05, 3.63) is 42.1 Å². The molecule has 1 N–H and O–H groups in total. The second-order valence-electron chi connectivity index (χ2n) is 5.17. The monoisotopic (exact) mass is 270 g/mol. The summed E-state index contributed by atoms with van der Waals surface area (Å²) in [5.74, 6) is 0. The fraction of sp³-hybridized carbons (Fsp3) is 0.375. The molecule has 4 nitrogen and oxygen atoms in total. The highest BCUT2D eigenvalue weighted by Gasteiger charge is 2.18. The predicted molar refractivity (Wildman–Crippen MR) is 78.0 cm³/mol. The highest BCUT2D eigenvalue weighted by Crippen LogP contribution is 2.20. The first-order valence-corrected chi connectivity index (χ1v) is 7.01. The van der Waals surface area contributed by atoms with Crippen LogP contribution in [-0.2, 0) is 11.3 Å². The predicted octanol–water partition coefficient (Wildman–Crippen LogP) is 3.52. The molecule has 1 saturated carbocycles. The molecule has 1 heterocycles. The van der Waals surface area contributed by atoms with Crippen LogP contribution in [0.4, 0.5) is 0 Å². The van der Waals surface area contributed by atoms with Crippen LogP contribution >= 0.6 is 0 Å². The van der Waals surface area contributed by atoms with Gasteiger partial charge in [-0.05, 0) is 37.8 Å². The van der Waals surface area contributed by atoms with E-state index in [9.17, 15) is 0 Å². The Morgan fingerprint density at radius 3 is 2.75 bits per heavy atom. The number of aromatic nitrogens is 1. The zero-order chi connectivity index (χ0) is 13.8. The van der Waals surface area contributed by atoms with Crippen LogP contribution in [0.2, 0.25) is 0 Å². The number of hydrogen-bond donors (Lipinski definition) is 1. The fourth-order valence-electron chi connectivity index (χ4n) is 2.58. The van der Waals surface area contributed by atoms with E-state index < -0.39 is 0 Å². The minimum Gasteiger partial charge on any atom is -0.411 e. The molecule has 0 amide bonds. The largest absolute Gasteiger partial charge is 0.411 e. The quantitative estimate of drug-likeness (QED) is 0.685. The number of rotatable bonds is 3. The van der Waals surface area contributed by atoms with Crippen molar-refractivity contribution in [2.24, 2.45) is 5.16 Å². The topological polar surface area (TPSA) is 54.7 Å². The smallest absolute Gasteiger partial charge is 0.0891 e. The van der Waals surface area contributed by atoms with Crippen LogP contribution in [0.3, 0.4) is 0 Å². The van der Waals surface area contributed by atoms with E-state index in [0.29, 0.717) is 6.61 Å². The normalized spacial score (nSPS) is 19.2.